The van der Waals surface area contributed by atoms with Crippen LogP contribution in [0, 0.1) is 0 Å². The van der Waals surface area contributed by atoms with Crippen LogP contribution in [0.2, 0.25) is 0 Å². The second kappa shape index (κ2) is 41.0. The fraction of sp³-hybridized carbons (Fsp3) is 0.590. The van der Waals surface area contributed by atoms with Gasteiger partial charge < -0.3 is 60.6 Å². The largest absolute Gasteiger partial charge is 0.481 e. The number of amides is 6. The summed E-state index contributed by atoms with van der Waals surface area (Å²) >= 11 is 3.25. The summed E-state index contributed by atoms with van der Waals surface area (Å²) in [4.78, 5) is 125. The Kier molecular flexibility index (Phi) is 33.3. The van der Waals surface area contributed by atoms with Crippen LogP contribution in [0.1, 0.15) is 145 Å². The molecule has 3 aromatic heterocycles. The van der Waals surface area contributed by atoms with E-state index in [4.69, 9.17) is 24.1 Å². The molecule has 1 aliphatic heterocycles. The molecular weight excluding hydrogens is 1230 g/mol. The molecule has 5 rings (SSSR count). The number of nitrogens with zero attached hydrogens (tertiary/aromatic N) is 6. The Bertz CT molecular complexity index is 2920. The molecule has 28 heteroatoms. The van der Waals surface area contributed by atoms with Crippen molar-refractivity contribution in [2.75, 3.05) is 77.8 Å². The van der Waals surface area contributed by atoms with E-state index in [1.807, 2.05) is 0 Å². The number of ketones is 1. The zero-order chi connectivity index (χ0) is 64.2. The zero-order valence-electron chi connectivity index (χ0n) is 50.6. The van der Waals surface area contributed by atoms with Gasteiger partial charge in [-0.1, -0.05) is 89.2 Å². The predicted molar refractivity (Wildman–Crippen MR) is 328 cm³/mol. The molecule has 1 saturated heterocycles. The molecule has 1 aliphatic rings. The van der Waals surface area contributed by atoms with Crippen molar-refractivity contribution >= 4 is 85.8 Å². The van der Waals surface area contributed by atoms with E-state index in [0.717, 1.165) is 51.4 Å². The molecule has 0 saturated carbocycles. The van der Waals surface area contributed by atoms with Crippen LogP contribution in [0.25, 0.3) is 22.0 Å². The number of benzene rings is 1. The summed E-state index contributed by atoms with van der Waals surface area (Å²) in [6, 6.07) is 7.87. The number of Topliss-reactive ketones (excluding diaryl/α,β-unsaturated/α-hetero) is 1. The van der Waals surface area contributed by atoms with Gasteiger partial charge in [-0.05, 0) is 65.0 Å². The number of aromatic nitrogens is 5. The average molecular weight is 1310 g/mol. The highest BCUT2D eigenvalue weighted by molar-refractivity contribution is 9.10. The van der Waals surface area contributed by atoms with Crippen molar-refractivity contribution in [2.45, 2.75) is 160 Å². The normalized spacial score (nSPS) is 14.1. The molecule has 3 atom stereocenters. The van der Waals surface area contributed by atoms with Crippen molar-refractivity contribution in [3.05, 3.63) is 64.9 Å². The Morgan fingerprint density at radius 2 is 1.25 bits per heavy atom. The van der Waals surface area contributed by atoms with E-state index >= 15 is 0 Å². The maximum absolute atomic E-state index is 14.7. The molecular formula is C61H85BrFN11O15. The van der Waals surface area contributed by atoms with E-state index in [1.54, 1.807) is 48.8 Å². The Labute approximate surface area is 525 Å². The summed E-state index contributed by atoms with van der Waals surface area (Å²) in [5, 5.41) is 36.3. The Balaban J connectivity index is 0.827. The molecule has 0 radical (unpaired) electrons. The first-order valence-corrected chi connectivity index (χ1v) is 31.3. The summed E-state index contributed by atoms with van der Waals surface area (Å²) in [5.41, 5.74) is 1.84. The molecule has 0 aliphatic carbocycles. The lowest BCUT2D eigenvalue weighted by atomic mass is 10.0. The van der Waals surface area contributed by atoms with Crippen LogP contribution in [-0.2, 0) is 70.4 Å². The number of rotatable bonds is 46. The maximum atomic E-state index is 14.7. The molecule has 4 aromatic rings. The van der Waals surface area contributed by atoms with Crippen molar-refractivity contribution in [3.8, 4) is 11.1 Å². The van der Waals surface area contributed by atoms with Crippen molar-refractivity contribution in [1.29, 1.82) is 0 Å². The summed E-state index contributed by atoms with van der Waals surface area (Å²) in [5.74, 6) is -4.32. The van der Waals surface area contributed by atoms with E-state index < -0.39 is 47.9 Å². The van der Waals surface area contributed by atoms with Crippen molar-refractivity contribution in [3.63, 3.8) is 0 Å². The third-order valence-corrected chi connectivity index (χ3v) is 14.8. The van der Waals surface area contributed by atoms with Crippen molar-refractivity contribution in [1.82, 2.24) is 50.9 Å². The number of halogens is 2. The number of anilines is 1. The van der Waals surface area contributed by atoms with Gasteiger partial charge in [0.1, 0.15) is 60.0 Å². The lowest BCUT2D eigenvalue weighted by Crippen LogP contribution is -2.44. The zero-order valence-corrected chi connectivity index (χ0v) is 52.2. The van der Waals surface area contributed by atoms with Crippen LogP contribution in [-0.4, -0.2) is 184 Å². The molecule has 1 fully saturated rings. The number of pyridine rings is 1. The number of fused-ring (bicyclic) bond motifs is 1. The number of likely N-dealkylation sites (tertiary alicyclic amines) is 1. The molecule has 0 unspecified atom stereocenters. The van der Waals surface area contributed by atoms with Gasteiger partial charge >= 0.3 is 11.9 Å². The van der Waals surface area contributed by atoms with E-state index in [9.17, 15) is 52.6 Å². The van der Waals surface area contributed by atoms with E-state index in [1.165, 1.54) is 48.6 Å². The number of alkyl halides is 1. The number of unbranched alkanes of at least 4 members (excludes halogenated alkanes) is 13. The first-order valence-electron chi connectivity index (χ1n) is 30.5. The standard InChI is InChI=1S/C61H85BrFN11O15/c1-42(75)59-46-33-43(21-23-48(46)74(72-59)39-57(80)73-38-45(63)34-49(73)60(83)71-51-18-16-17-50(62)70-51)44-35-66-52(67-36-44)37-68-56(79)41-89-32-30-87-28-26-65-55(78)40-88-31-29-86-27-25-64-53(76)24-22-47(61(84)85)69-54(77)19-14-12-10-8-6-4-2-3-5-7-9-11-13-15-20-58(81)82/h16-18,21,23,33,35-36,45,47,49H,2-15,19-20,22,24-32,34,37-41H2,1H3,(H,64,76)(H,65,78)(H,68,79)(H,69,77)(H,81,82)(H,84,85)(H,70,71,83)/t45-,47+,49+/m1/s1. The Morgan fingerprint density at radius 3 is 1.83 bits per heavy atom. The van der Waals surface area contributed by atoms with Gasteiger partial charge in [0.2, 0.25) is 35.4 Å². The van der Waals surface area contributed by atoms with Crippen LogP contribution < -0.4 is 26.6 Å². The van der Waals surface area contributed by atoms with Crippen LogP contribution in [0.3, 0.4) is 0 Å². The third-order valence-electron chi connectivity index (χ3n) is 14.4. The highest BCUT2D eigenvalue weighted by Crippen LogP contribution is 2.28. The number of carbonyl (C=O) groups is 9. The van der Waals surface area contributed by atoms with Crippen LogP contribution in [0.15, 0.2) is 53.4 Å². The van der Waals surface area contributed by atoms with Gasteiger partial charge in [0.25, 0.3) is 0 Å². The first kappa shape index (κ1) is 72.3. The van der Waals surface area contributed by atoms with Crippen LogP contribution in [0.5, 0.6) is 0 Å². The molecule has 1 aromatic carbocycles. The minimum Gasteiger partial charge on any atom is -0.481 e. The molecule has 7 N–H and O–H groups in total. The van der Waals surface area contributed by atoms with Gasteiger partial charge in [0.05, 0.1) is 58.2 Å². The fourth-order valence-electron chi connectivity index (χ4n) is 9.70. The van der Waals surface area contributed by atoms with Gasteiger partial charge in [-0.15, -0.1) is 0 Å². The van der Waals surface area contributed by atoms with Gasteiger partial charge in [-0.25, -0.2) is 24.1 Å². The van der Waals surface area contributed by atoms with Gasteiger partial charge in [-0.2, -0.15) is 5.10 Å². The maximum Gasteiger partial charge on any atom is 0.326 e. The van der Waals surface area contributed by atoms with Gasteiger partial charge in [0.15, 0.2) is 5.78 Å². The number of ether oxygens (including phenoxy) is 4. The van der Waals surface area contributed by atoms with Gasteiger partial charge in [0, 0.05) is 69.0 Å². The smallest absolute Gasteiger partial charge is 0.326 e. The number of hydrogen-bond acceptors (Lipinski definition) is 17. The summed E-state index contributed by atoms with van der Waals surface area (Å²) < 4.78 is 38.1. The van der Waals surface area contributed by atoms with Gasteiger partial charge in [-0.3, -0.25) is 43.0 Å². The van der Waals surface area contributed by atoms with E-state index in [0.29, 0.717) is 38.9 Å². The van der Waals surface area contributed by atoms with Crippen molar-refractivity contribution in [2.24, 2.45) is 0 Å². The molecule has 4 heterocycles. The first-order chi connectivity index (χ1) is 43.0. The topological polar surface area (TPSA) is 351 Å². The van der Waals surface area contributed by atoms with E-state index in [2.05, 4.69) is 62.6 Å². The summed E-state index contributed by atoms with van der Waals surface area (Å²) in [6.07, 6.45) is 16.7. The molecule has 89 heavy (non-hydrogen) atoms. The number of carboxylic acid groups (broad SMARTS) is 2. The summed E-state index contributed by atoms with van der Waals surface area (Å²) in [7, 11) is 0. The second-order valence-electron chi connectivity index (χ2n) is 21.6. The quantitative estimate of drug-likeness (QED) is 0.0151. The average Bonchev–Trinajstić information content (AvgIpc) is 3.35. The predicted octanol–water partition coefficient (Wildman–Crippen LogP) is 6.02. The van der Waals surface area contributed by atoms with Crippen LogP contribution in [0.4, 0.5) is 10.2 Å². The van der Waals surface area contributed by atoms with Crippen LogP contribution >= 0.6 is 15.9 Å². The SMILES string of the molecule is CC(=O)c1nn(CC(=O)N2C[C@H](F)C[C@H]2C(=O)Nc2cccc(Br)n2)c2ccc(-c3cnc(CNC(=O)COCCOCCNC(=O)COCCOCCNC(=O)CC[C@H](NC(=O)CCCCCCCCCCCCCCCCC(=O)O)C(=O)O)nc3)cc12. The number of carboxylic acids is 2. The molecule has 0 bridgehead atoms. The highest BCUT2D eigenvalue weighted by Gasteiger charge is 2.40. The highest BCUT2D eigenvalue weighted by atomic mass is 79.9. The molecule has 6 amide bonds. The fourth-order valence-corrected chi connectivity index (χ4v) is 10.0. The molecule has 488 valence electrons. The van der Waals surface area contributed by atoms with E-state index in [-0.39, 0.29) is 153 Å². The number of hydrogen-bond donors (Lipinski definition) is 7. The molecule has 26 nitrogen and oxygen atoms in total. The Morgan fingerprint density at radius 1 is 0.674 bits per heavy atom. The van der Waals surface area contributed by atoms with Crippen molar-refractivity contribution < 1.29 is 76.7 Å². The third kappa shape index (κ3) is 28.3. The number of aliphatic carboxylic acids is 2. The number of carbonyl (C=O) groups excluding carboxylic acids is 7. The second-order valence-corrected chi connectivity index (χ2v) is 22.4. The number of nitrogens with one attached hydrogen (secondary N) is 5. The molecule has 0 spiro atoms. The monoisotopic (exact) mass is 1310 g/mol. The minimum atomic E-state index is -1.41. The lowest BCUT2D eigenvalue weighted by Gasteiger charge is -2.23. The Hall–Kier alpha value is -7.40. The summed E-state index contributed by atoms with van der Waals surface area (Å²) in [6.45, 7) is 1.62. The lowest BCUT2D eigenvalue weighted by molar-refractivity contribution is -0.142. The minimum absolute atomic E-state index is 0.0192.